The van der Waals surface area contributed by atoms with Crippen LogP contribution in [0.25, 0.3) is 0 Å². The van der Waals surface area contributed by atoms with Gasteiger partial charge in [-0.3, -0.25) is 4.79 Å². The monoisotopic (exact) mass is 262 g/mol. The first kappa shape index (κ1) is 13.5. The van der Waals surface area contributed by atoms with Crippen LogP contribution in [0.4, 0.5) is 0 Å². The third kappa shape index (κ3) is 5.36. The molecule has 1 fully saturated rings. The molecule has 86 valence electrons. The van der Waals surface area contributed by atoms with E-state index in [9.17, 15) is 4.79 Å². The van der Waals surface area contributed by atoms with Gasteiger partial charge in [0.05, 0.1) is 4.58 Å². The van der Waals surface area contributed by atoms with E-state index in [1.54, 1.807) is 0 Å². The Labute approximate surface area is 105 Å². The van der Waals surface area contributed by atoms with Crippen LogP contribution in [0.5, 0.6) is 0 Å². The van der Waals surface area contributed by atoms with Gasteiger partial charge in [0.1, 0.15) is 0 Å². The average Bonchev–Trinajstić information content (AvgIpc) is 2.71. The first-order valence-electron chi connectivity index (χ1n) is 5.32. The molecule has 0 aromatic carbocycles. The van der Waals surface area contributed by atoms with Gasteiger partial charge in [-0.25, -0.2) is 0 Å². The molecule has 1 rings (SSSR count). The highest BCUT2D eigenvalue weighted by atomic mass is 32.2. The van der Waals surface area contributed by atoms with E-state index in [1.807, 2.05) is 0 Å². The van der Waals surface area contributed by atoms with Gasteiger partial charge in [0.15, 0.2) is 0 Å². The van der Waals surface area contributed by atoms with Crippen molar-refractivity contribution in [3.05, 3.63) is 12.7 Å². The minimum atomic E-state index is 0.109. The molecule has 1 heterocycles. The zero-order valence-corrected chi connectivity index (χ0v) is 11.6. The zero-order chi connectivity index (χ0) is 11.1. The fourth-order valence-corrected chi connectivity index (χ4v) is 5.79. The second kappa shape index (κ2) is 7.69. The SMILES string of the molecule is C=CC(=O)SCC1CSC(CCCC)S1. The number of thioether (sulfide) groups is 3. The maximum atomic E-state index is 11.1. The van der Waals surface area contributed by atoms with Crippen LogP contribution in [0, 0.1) is 0 Å². The number of carbonyl (C=O) groups is 1. The van der Waals surface area contributed by atoms with Gasteiger partial charge < -0.3 is 0 Å². The summed E-state index contributed by atoms with van der Waals surface area (Å²) in [7, 11) is 0. The summed E-state index contributed by atoms with van der Waals surface area (Å²) in [6.45, 7) is 5.72. The molecule has 4 heteroatoms. The zero-order valence-electron chi connectivity index (χ0n) is 9.11. The minimum Gasteiger partial charge on any atom is -0.282 e. The van der Waals surface area contributed by atoms with Crippen LogP contribution in [0.1, 0.15) is 26.2 Å². The molecule has 0 aliphatic carbocycles. The quantitative estimate of drug-likeness (QED) is 0.677. The van der Waals surface area contributed by atoms with Crippen molar-refractivity contribution in [1.29, 1.82) is 0 Å². The van der Waals surface area contributed by atoms with Crippen molar-refractivity contribution < 1.29 is 4.79 Å². The lowest BCUT2D eigenvalue weighted by atomic mass is 10.3. The molecule has 2 unspecified atom stereocenters. The largest absolute Gasteiger partial charge is 0.282 e. The Morgan fingerprint density at radius 3 is 3.13 bits per heavy atom. The van der Waals surface area contributed by atoms with Crippen LogP contribution in [0.15, 0.2) is 12.7 Å². The topological polar surface area (TPSA) is 17.1 Å². The molecule has 0 saturated carbocycles. The van der Waals surface area contributed by atoms with Crippen LogP contribution < -0.4 is 0 Å². The van der Waals surface area contributed by atoms with E-state index >= 15 is 0 Å². The highest BCUT2D eigenvalue weighted by molar-refractivity contribution is 8.21. The molecule has 0 N–H and O–H groups in total. The van der Waals surface area contributed by atoms with Gasteiger partial charge in [0.2, 0.25) is 5.12 Å². The van der Waals surface area contributed by atoms with Crippen molar-refractivity contribution in [2.75, 3.05) is 11.5 Å². The van der Waals surface area contributed by atoms with Crippen molar-refractivity contribution in [3.63, 3.8) is 0 Å². The lowest BCUT2D eigenvalue weighted by Gasteiger charge is -2.08. The van der Waals surface area contributed by atoms with Gasteiger partial charge in [-0.05, 0) is 12.5 Å². The van der Waals surface area contributed by atoms with Crippen LogP contribution in [-0.4, -0.2) is 26.5 Å². The Balaban J connectivity index is 2.13. The van der Waals surface area contributed by atoms with E-state index in [0.717, 1.165) is 10.3 Å². The number of hydrogen-bond acceptors (Lipinski definition) is 4. The molecular formula is C11H18OS3. The second-order valence-corrected chi connectivity index (χ2v) is 7.56. The maximum absolute atomic E-state index is 11.1. The summed E-state index contributed by atoms with van der Waals surface area (Å²) in [6.07, 6.45) is 5.34. The highest BCUT2D eigenvalue weighted by Gasteiger charge is 2.25. The molecule has 1 nitrogen and oxygen atoms in total. The average molecular weight is 262 g/mol. The summed E-state index contributed by atoms with van der Waals surface area (Å²) in [5.41, 5.74) is 0. The predicted molar refractivity (Wildman–Crippen MR) is 74.8 cm³/mol. The van der Waals surface area contributed by atoms with Gasteiger partial charge >= 0.3 is 0 Å². The van der Waals surface area contributed by atoms with Crippen molar-refractivity contribution in [1.82, 2.24) is 0 Å². The number of carbonyl (C=O) groups excluding carboxylic acids is 1. The molecule has 1 aliphatic heterocycles. The van der Waals surface area contributed by atoms with Gasteiger partial charge in [-0.2, -0.15) is 0 Å². The Bertz CT molecular complexity index is 218. The fourth-order valence-electron chi connectivity index (χ4n) is 1.35. The van der Waals surface area contributed by atoms with Crippen molar-refractivity contribution in [2.24, 2.45) is 0 Å². The van der Waals surface area contributed by atoms with Crippen molar-refractivity contribution >= 4 is 40.4 Å². The normalized spacial score (nSPS) is 25.4. The summed E-state index contributed by atoms with van der Waals surface area (Å²) in [5, 5.41) is 0.767. The third-order valence-corrected chi connectivity index (χ3v) is 6.83. The molecule has 0 aromatic heterocycles. The summed E-state index contributed by atoms with van der Waals surface area (Å²) < 4.78 is 0.773. The molecule has 0 bridgehead atoms. The molecule has 0 amide bonds. The van der Waals surface area contributed by atoms with Gasteiger partial charge in [-0.15, -0.1) is 23.5 Å². The van der Waals surface area contributed by atoms with E-state index in [4.69, 9.17) is 0 Å². The lowest BCUT2D eigenvalue weighted by molar-refractivity contribution is -0.107. The molecule has 0 radical (unpaired) electrons. The number of rotatable bonds is 6. The molecule has 15 heavy (non-hydrogen) atoms. The van der Waals surface area contributed by atoms with Crippen LogP contribution >= 0.6 is 35.3 Å². The van der Waals surface area contributed by atoms with Crippen molar-refractivity contribution in [3.8, 4) is 0 Å². The predicted octanol–water partition coefficient (Wildman–Crippen LogP) is 3.80. The van der Waals surface area contributed by atoms with E-state index in [2.05, 4.69) is 37.0 Å². The second-order valence-electron chi connectivity index (χ2n) is 3.50. The molecule has 2 atom stereocenters. The minimum absolute atomic E-state index is 0.109. The van der Waals surface area contributed by atoms with Gasteiger partial charge in [-0.1, -0.05) is 38.1 Å². The third-order valence-electron chi connectivity index (χ3n) is 2.18. The van der Waals surface area contributed by atoms with E-state index in [1.165, 1.54) is 42.9 Å². The summed E-state index contributed by atoms with van der Waals surface area (Å²) in [4.78, 5) is 11.1. The Hall–Kier alpha value is 0.460. The van der Waals surface area contributed by atoms with Gasteiger partial charge in [0.25, 0.3) is 0 Å². The summed E-state index contributed by atoms with van der Waals surface area (Å²) in [6, 6.07) is 0. The molecule has 0 spiro atoms. The lowest BCUT2D eigenvalue weighted by Crippen LogP contribution is -2.06. The number of unbranched alkanes of at least 4 members (excludes halogenated alkanes) is 1. The Morgan fingerprint density at radius 1 is 1.67 bits per heavy atom. The maximum Gasteiger partial charge on any atom is 0.211 e. The molecular weight excluding hydrogens is 244 g/mol. The van der Waals surface area contributed by atoms with Crippen LogP contribution in [-0.2, 0) is 4.79 Å². The van der Waals surface area contributed by atoms with Crippen LogP contribution in [0.3, 0.4) is 0 Å². The van der Waals surface area contributed by atoms with Gasteiger partial charge in [0, 0.05) is 16.8 Å². The first-order chi connectivity index (χ1) is 7.26. The van der Waals surface area contributed by atoms with E-state index in [0.29, 0.717) is 5.25 Å². The molecule has 1 saturated heterocycles. The standard InChI is InChI=1S/C11H18OS3/c1-3-5-6-11-14-8-9(15-11)7-13-10(12)4-2/h4,9,11H,2-3,5-8H2,1H3. The van der Waals surface area contributed by atoms with Crippen molar-refractivity contribution in [2.45, 2.75) is 36.0 Å². The molecule has 1 aliphatic rings. The van der Waals surface area contributed by atoms with E-state index < -0.39 is 0 Å². The fraction of sp³-hybridized carbons (Fsp3) is 0.727. The smallest absolute Gasteiger partial charge is 0.211 e. The van der Waals surface area contributed by atoms with E-state index in [-0.39, 0.29) is 5.12 Å². The Kier molecular flexibility index (Phi) is 6.93. The Morgan fingerprint density at radius 2 is 2.47 bits per heavy atom. The van der Waals surface area contributed by atoms with Crippen LogP contribution in [0.2, 0.25) is 0 Å². The first-order valence-corrected chi connectivity index (χ1v) is 8.30. The summed E-state index contributed by atoms with van der Waals surface area (Å²) in [5.74, 6) is 2.15. The number of hydrogen-bond donors (Lipinski definition) is 0. The molecule has 0 aromatic rings. The highest BCUT2D eigenvalue weighted by Crippen LogP contribution is 2.41. The summed E-state index contributed by atoms with van der Waals surface area (Å²) >= 11 is 5.53.